The molecule has 10 nitrogen and oxygen atoms in total. The maximum Gasteiger partial charge on any atom is 0.286 e. The Hall–Kier alpha value is -4.99. The van der Waals surface area contributed by atoms with E-state index in [4.69, 9.17) is 18.6 Å². The van der Waals surface area contributed by atoms with Gasteiger partial charge in [0.15, 0.2) is 17.3 Å². The van der Waals surface area contributed by atoms with Crippen molar-refractivity contribution >= 4 is 33.6 Å². The Morgan fingerprint density at radius 3 is 2.36 bits per heavy atom. The Morgan fingerprint density at radius 2 is 1.64 bits per heavy atom. The van der Waals surface area contributed by atoms with E-state index < -0.39 is 11.8 Å². The average Bonchev–Trinajstić information content (AvgIpc) is 3.61. The molecule has 0 aliphatic rings. The number of H-pyrrole nitrogens is 1. The molecule has 0 aliphatic carbocycles. The van der Waals surface area contributed by atoms with Crippen molar-refractivity contribution < 1.29 is 28.2 Å². The minimum absolute atomic E-state index is 0.186. The van der Waals surface area contributed by atoms with Gasteiger partial charge in [0.1, 0.15) is 17.1 Å². The van der Waals surface area contributed by atoms with Crippen molar-refractivity contribution in [2.45, 2.75) is 0 Å². The zero-order chi connectivity index (χ0) is 25.2. The number of hydrazine groups is 1. The molecule has 0 bridgehead atoms. The normalized spacial score (nSPS) is 10.9. The Bertz CT molecular complexity index is 1590. The number of para-hydroxylation sites is 1. The number of rotatable bonds is 6. The van der Waals surface area contributed by atoms with Crippen LogP contribution in [0.5, 0.6) is 17.2 Å². The lowest BCUT2D eigenvalue weighted by Crippen LogP contribution is -2.41. The van der Waals surface area contributed by atoms with Gasteiger partial charge in [-0.05, 0) is 30.3 Å². The highest BCUT2D eigenvalue weighted by Gasteiger charge is 2.21. The fourth-order valence-corrected chi connectivity index (χ4v) is 4.02. The topological polar surface area (TPSA) is 128 Å². The molecular formula is C26H22N4O6. The second kappa shape index (κ2) is 9.34. The van der Waals surface area contributed by atoms with Gasteiger partial charge in [0.2, 0.25) is 0 Å². The molecule has 0 radical (unpaired) electrons. The van der Waals surface area contributed by atoms with Crippen LogP contribution in [0.25, 0.3) is 33.3 Å². The van der Waals surface area contributed by atoms with E-state index in [1.807, 2.05) is 12.1 Å². The van der Waals surface area contributed by atoms with E-state index in [1.54, 1.807) is 42.5 Å². The second-order valence-electron chi connectivity index (χ2n) is 7.74. The molecule has 5 aromatic rings. The van der Waals surface area contributed by atoms with Gasteiger partial charge < -0.3 is 23.6 Å². The molecule has 0 spiro atoms. The summed E-state index contributed by atoms with van der Waals surface area (Å²) in [6, 6.07) is 15.6. The van der Waals surface area contributed by atoms with Gasteiger partial charge in [0.05, 0.1) is 44.2 Å². The molecule has 3 N–H and O–H groups in total. The number of aromatic nitrogens is 2. The summed E-state index contributed by atoms with van der Waals surface area (Å²) in [5.74, 6) is 0.812. The number of carbonyl (C=O) groups excluding carboxylic acids is 2. The molecule has 36 heavy (non-hydrogen) atoms. The summed E-state index contributed by atoms with van der Waals surface area (Å²) in [5, 5.41) is 1.25. The minimum Gasteiger partial charge on any atom is -0.496 e. The number of methoxy groups -OCH3 is 3. The van der Waals surface area contributed by atoms with Crippen molar-refractivity contribution in [2.75, 3.05) is 21.3 Å². The van der Waals surface area contributed by atoms with E-state index in [1.165, 1.54) is 27.6 Å². The van der Waals surface area contributed by atoms with Crippen molar-refractivity contribution in [1.82, 2.24) is 20.8 Å². The lowest BCUT2D eigenvalue weighted by Gasteiger charge is -2.11. The zero-order valence-corrected chi connectivity index (χ0v) is 19.7. The number of amides is 2. The van der Waals surface area contributed by atoms with Gasteiger partial charge in [-0.1, -0.05) is 18.2 Å². The highest BCUT2D eigenvalue weighted by molar-refractivity contribution is 6.08. The lowest BCUT2D eigenvalue weighted by atomic mass is 10.1. The van der Waals surface area contributed by atoms with Gasteiger partial charge in [-0.3, -0.25) is 20.4 Å². The SMILES string of the molecule is COc1cc(OC)c2cc(C(=O)NNC(=O)c3cc(-c4ccco4)nc4ccccc34)[nH]c2c1OC. The number of pyridine rings is 1. The first-order valence-electron chi connectivity index (χ1n) is 10.9. The van der Waals surface area contributed by atoms with Gasteiger partial charge in [0.25, 0.3) is 11.8 Å². The second-order valence-corrected chi connectivity index (χ2v) is 7.74. The largest absolute Gasteiger partial charge is 0.496 e. The fourth-order valence-electron chi connectivity index (χ4n) is 4.02. The third-order valence-corrected chi connectivity index (χ3v) is 5.71. The number of hydrogen-bond donors (Lipinski definition) is 3. The van der Waals surface area contributed by atoms with Gasteiger partial charge >= 0.3 is 0 Å². The smallest absolute Gasteiger partial charge is 0.286 e. The highest BCUT2D eigenvalue weighted by atomic mass is 16.5. The highest BCUT2D eigenvalue weighted by Crippen LogP contribution is 2.41. The van der Waals surface area contributed by atoms with Gasteiger partial charge in [0, 0.05) is 16.8 Å². The Morgan fingerprint density at radius 1 is 0.861 bits per heavy atom. The number of aromatic amines is 1. The third-order valence-electron chi connectivity index (χ3n) is 5.71. The van der Waals surface area contributed by atoms with Crippen LogP contribution in [0.3, 0.4) is 0 Å². The molecule has 0 fully saturated rings. The molecule has 0 saturated heterocycles. The number of carbonyl (C=O) groups is 2. The summed E-state index contributed by atoms with van der Waals surface area (Å²) in [5.41, 5.74) is 7.09. The van der Waals surface area contributed by atoms with Crippen molar-refractivity contribution in [3.63, 3.8) is 0 Å². The summed E-state index contributed by atoms with van der Waals surface area (Å²) >= 11 is 0. The van der Waals surface area contributed by atoms with E-state index >= 15 is 0 Å². The standard InChI is InChI=1S/C26H22N4O6/c1-33-21-13-22(34-2)24(35-3)23-16(21)12-19(28-23)26(32)30-29-25(31)15-11-18(20-9-6-10-36-20)27-17-8-5-4-7-14(15)17/h4-13,28H,1-3H3,(H,29,31)(H,30,32). The Balaban J connectivity index is 1.43. The van der Waals surface area contributed by atoms with E-state index in [0.29, 0.717) is 56.1 Å². The van der Waals surface area contributed by atoms with Crippen molar-refractivity contribution in [3.05, 3.63) is 72.1 Å². The van der Waals surface area contributed by atoms with Crippen molar-refractivity contribution in [3.8, 4) is 28.7 Å². The van der Waals surface area contributed by atoms with Crippen LogP contribution in [0, 0.1) is 0 Å². The molecule has 10 heteroatoms. The number of nitrogens with zero attached hydrogens (tertiary/aromatic N) is 1. The average molecular weight is 486 g/mol. The number of fused-ring (bicyclic) bond motifs is 2. The summed E-state index contributed by atoms with van der Waals surface area (Å²) in [4.78, 5) is 33.6. The van der Waals surface area contributed by atoms with Gasteiger partial charge in [-0.2, -0.15) is 0 Å². The van der Waals surface area contributed by atoms with E-state index in [-0.39, 0.29) is 5.69 Å². The molecule has 0 unspecified atom stereocenters. The number of furan rings is 1. The monoisotopic (exact) mass is 486 g/mol. The van der Waals surface area contributed by atoms with Gasteiger partial charge in [-0.25, -0.2) is 4.98 Å². The molecule has 2 aromatic carbocycles. The van der Waals surface area contributed by atoms with Crippen LogP contribution in [0.4, 0.5) is 0 Å². The first kappa shape index (κ1) is 22.8. The predicted molar refractivity (Wildman–Crippen MR) is 132 cm³/mol. The van der Waals surface area contributed by atoms with Crippen molar-refractivity contribution in [2.24, 2.45) is 0 Å². The molecule has 5 rings (SSSR count). The maximum atomic E-state index is 13.1. The molecule has 3 aromatic heterocycles. The fraction of sp³-hybridized carbons (Fsp3) is 0.115. The van der Waals surface area contributed by atoms with E-state index in [0.717, 1.165) is 0 Å². The minimum atomic E-state index is -0.563. The van der Waals surface area contributed by atoms with Gasteiger partial charge in [-0.15, -0.1) is 0 Å². The van der Waals surface area contributed by atoms with E-state index in [2.05, 4.69) is 20.8 Å². The molecule has 2 amide bonds. The number of nitrogens with one attached hydrogen (secondary N) is 3. The van der Waals surface area contributed by atoms with E-state index in [9.17, 15) is 9.59 Å². The van der Waals surface area contributed by atoms with Crippen LogP contribution in [0.15, 0.2) is 65.3 Å². The quantitative estimate of drug-likeness (QED) is 0.309. The molecular weight excluding hydrogens is 464 g/mol. The number of hydrogen-bond acceptors (Lipinski definition) is 7. The summed E-state index contributed by atoms with van der Waals surface area (Å²) in [6.45, 7) is 0. The van der Waals surface area contributed by atoms with Crippen LogP contribution in [-0.2, 0) is 0 Å². The lowest BCUT2D eigenvalue weighted by molar-refractivity contribution is 0.0845. The zero-order valence-electron chi connectivity index (χ0n) is 19.7. The molecule has 0 aliphatic heterocycles. The Kier molecular flexibility index (Phi) is 5.91. The van der Waals surface area contributed by atoms with Crippen LogP contribution in [-0.4, -0.2) is 43.1 Å². The van der Waals surface area contributed by atoms with Crippen LogP contribution >= 0.6 is 0 Å². The Labute approximate surface area is 205 Å². The summed E-state index contributed by atoms with van der Waals surface area (Å²) in [6.07, 6.45) is 1.53. The number of benzene rings is 2. The maximum absolute atomic E-state index is 13.1. The molecule has 0 saturated carbocycles. The number of ether oxygens (including phenoxy) is 3. The summed E-state index contributed by atoms with van der Waals surface area (Å²) in [7, 11) is 4.53. The first-order chi connectivity index (χ1) is 17.5. The van der Waals surface area contributed by atoms with Crippen LogP contribution in [0.1, 0.15) is 20.8 Å². The van der Waals surface area contributed by atoms with Crippen LogP contribution < -0.4 is 25.1 Å². The third kappa shape index (κ3) is 3.94. The molecule has 182 valence electrons. The first-order valence-corrected chi connectivity index (χ1v) is 10.9. The summed E-state index contributed by atoms with van der Waals surface area (Å²) < 4.78 is 21.7. The van der Waals surface area contributed by atoms with Crippen molar-refractivity contribution in [1.29, 1.82) is 0 Å². The van der Waals surface area contributed by atoms with Crippen LogP contribution in [0.2, 0.25) is 0 Å². The predicted octanol–water partition coefficient (Wildman–Crippen LogP) is 4.08. The molecule has 0 atom stereocenters. The molecule has 3 heterocycles.